The number of amides is 1. The Bertz CT molecular complexity index is 325. The predicted octanol–water partition coefficient (Wildman–Crippen LogP) is 2.28. The number of ether oxygens (including phenoxy) is 1. The number of hydrogen-bond acceptors (Lipinski definition) is 4. The lowest BCUT2D eigenvalue weighted by atomic mass is 10.0. The molecule has 0 spiro atoms. The highest BCUT2D eigenvalue weighted by molar-refractivity contribution is 6.74. The summed E-state index contributed by atoms with van der Waals surface area (Å²) in [4.78, 5) is 11.3. The molecule has 0 radical (unpaired) electrons. The molecule has 0 aromatic carbocycles. The molecule has 112 valence electrons. The first-order valence-corrected chi connectivity index (χ1v) is 9.19. The zero-order chi connectivity index (χ0) is 15.3. The molecule has 0 fully saturated rings. The maximum Gasteiger partial charge on any atom is 0.407 e. The van der Waals surface area contributed by atoms with E-state index in [-0.39, 0.29) is 18.3 Å². The van der Waals surface area contributed by atoms with Crippen molar-refractivity contribution in [1.82, 2.24) is 5.32 Å². The summed E-state index contributed by atoms with van der Waals surface area (Å²) in [7, 11) is -0.686. The largest absolute Gasteiger partial charge is 0.453 e. The first-order chi connectivity index (χ1) is 8.53. The summed E-state index contributed by atoms with van der Waals surface area (Å²) in [6, 6.07) is 0. The molecule has 19 heavy (non-hydrogen) atoms. The van der Waals surface area contributed by atoms with E-state index in [1.807, 2.05) is 0 Å². The molecular weight excluding hydrogens is 262 g/mol. The van der Waals surface area contributed by atoms with Crippen molar-refractivity contribution >= 4 is 14.4 Å². The Labute approximate surface area is 117 Å². The van der Waals surface area contributed by atoms with Crippen LogP contribution in [0, 0.1) is 0 Å². The minimum atomic E-state index is -1.96. The van der Waals surface area contributed by atoms with Crippen LogP contribution in [0.1, 0.15) is 20.8 Å². The Kier molecular flexibility index (Phi) is 6.25. The number of carbonyl (C=O) groups excluding carboxylic acids is 1. The molecule has 0 aliphatic rings. The first kappa shape index (κ1) is 18.1. The van der Waals surface area contributed by atoms with Gasteiger partial charge in [-0.25, -0.2) is 4.79 Å². The van der Waals surface area contributed by atoms with Crippen LogP contribution in [0.15, 0.2) is 12.7 Å². The van der Waals surface area contributed by atoms with Crippen molar-refractivity contribution in [2.24, 2.45) is 0 Å². The summed E-state index contributed by atoms with van der Waals surface area (Å²) in [6.45, 7) is 14.1. The molecule has 0 aliphatic carbocycles. The van der Waals surface area contributed by atoms with E-state index in [9.17, 15) is 9.90 Å². The van der Waals surface area contributed by atoms with Gasteiger partial charge in [-0.1, -0.05) is 26.8 Å². The summed E-state index contributed by atoms with van der Waals surface area (Å²) >= 11 is 0. The molecular formula is C13H27NO4Si. The van der Waals surface area contributed by atoms with Crippen molar-refractivity contribution in [2.75, 3.05) is 20.3 Å². The van der Waals surface area contributed by atoms with Crippen LogP contribution in [-0.4, -0.2) is 45.4 Å². The monoisotopic (exact) mass is 289 g/mol. The van der Waals surface area contributed by atoms with E-state index in [1.165, 1.54) is 13.2 Å². The van der Waals surface area contributed by atoms with Gasteiger partial charge in [0.2, 0.25) is 0 Å². The SMILES string of the molecule is C=C[C@@](CO)(CO[Si](C)(C)C(C)(C)C)NC(=O)OC. The van der Waals surface area contributed by atoms with Gasteiger partial charge in [0, 0.05) is 0 Å². The van der Waals surface area contributed by atoms with Gasteiger partial charge in [0.25, 0.3) is 0 Å². The van der Waals surface area contributed by atoms with Crippen molar-refractivity contribution in [2.45, 2.75) is 44.4 Å². The van der Waals surface area contributed by atoms with E-state index in [0.717, 1.165) is 0 Å². The minimum absolute atomic E-state index is 0.0562. The molecule has 0 rings (SSSR count). The molecule has 0 heterocycles. The molecule has 0 aliphatic heterocycles. The van der Waals surface area contributed by atoms with Gasteiger partial charge in [-0.2, -0.15) is 0 Å². The summed E-state index contributed by atoms with van der Waals surface area (Å²) in [5.74, 6) is 0. The molecule has 1 atom stereocenters. The average molecular weight is 289 g/mol. The fraction of sp³-hybridized carbons (Fsp3) is 0.769. The van der Waals surface area contributed by atoms with Gasteiger partial charge in [0.05, 0.1) is 20.3 Å². The smallest absolute Gasteiger partial charge is 0.407 e. The number of nitrogens with one attached hydrogen (secondary N) is 1. The summed E-state index contributed by atoms with van der Waals surface area (Å²) in [5.41, 5.74) is -1.01. The van der Waals surface area contributed by atoms with Crippen LogP contribution in [0.2, 0.25) is 18.1 Å². The number of rotatable bonds is 6. The predicted molar refractivity (Wildman–Crippen MR) is 78.7 cm³/mol. The molecule has 0 aromatic rings. The fourth-order valence-corrected chi connectivity index (χ4v) is 2.13. The van der Waals surface area contributed by atoms with E-state index in [4.69, 9.17) is 4.43 Å². The maximum atomic E-state index is 11.3. The Morgan fingerprint density at radius 3 is 2.26 bits per heavy atom. The molecule has 0 bridgehead atoms. The topological polar surface area (TPSA) is 67.8 Å². The molecule has 0 saturated heterocycles. The molecule has 0 saturated carbocycles. The maximum absolute atomic E-state index is 11.3. The van der Waals surface area contributed by atoms with Crippen LogP contribution in [0.25, 0.3) is 0 Å². The Hall–Kier alpha value is -0.853. The number of methoxy groups -OCH3 is 1. The van der Waals surface area contributed by atoms with E-state index >= 15 is 0 Å². The zero-order valence-corrected chi connectivity index (χ0v) is 13.9. The number of aliphatic hydroxyl groups is 1. The Morgan fingerprint density at radius 2 is 1.95 bits per heavy atom. The minimum Gasteiger partial charge on any atom is -0.453 e. The number of aliphatic hydroxyl groups excluding tert-OH is 1. The highest BCUT2D eigenvalue weighted by Crippen LogP contribution is 2.37. The normalized spacial score (nSPS) is 15.5. The zero-order valence-electron chi connectivity index (χ0n) is 12.9. The second-order valence-electron chi connectivity index (χ2n) is 6.18. The number of carbonyl (C=O) groups is 1. The van der Waals surface area contributed by atoms with Gasteiger partial charge in [-0.15, -0.1) is 6.58 Å². The number of alkyl carbamates (subject to hydrolysis) is 1. The van der Waals surface area contributed by atoms with Crippen LogP contribution >= 0.6 is 0 Å². The quantitative estimate of drug-likeness (QED) is 0.581. The van der Waals surface area contributed by atoms with E-state index in [1.54, 1.807) is 0 Å². The molecule has 6 heteroatoms. The van der Waals surface area contributed by atoms with Crippen molar-refractivity contribution in [3.05, 3.63) is 12.7 Å². The second-order valence-corrected chi connectivity index (χ2v) is 11.0. The summed E-state index contributed by atoms with van der Waals surface area (Å²) in [6.07, 6.45) is 0.865. The van der Waals surface area contributed by atoms with Gasteiger partial charge in [-0.05, 0) is 18.1 Å². The lowest BCUT2D eigenvalue weighted by Crippen LogP contribution is -2.56. The lowest BCUT2D eigenvalue weighted by Gasteiger charge is -2.39. The first-order valence-electron chi connectivity index (χ1n) is 6.28. The second kappa shape index (κ2) is 6.54. The highest BCUT2D eigenvalue weighted by atomic mass is 28.4. The Balaban J connectivity index is 4.87. The van der Waals surface area contributed by atoms with Crippen LogP contribution in [0.3, 0.4) is 0 Å². The highest BCUT2D eigenvalue weighted by Gasteiger charge is 2.40. The van der Waals surface area contributed by atoms with Crippen LogP contribution in [-0.2, 0) is 9.16 Å². The molecule has 1 amide bonds. The van der Waals surface area contributed by atoms with Crippen molar-refractivity contribution in [3.63, 3.8) is 0 Å². The molecule has 0 aromatic heterocycles. The van der Waals surface area contributed by atoms with Crippen LogP contribution in [0.4, 0.5) is 4.79 Å². The van der Waals surface area contributed by atoms with Crippen LogP contribution in [0.5, 0.6) is 0 Å². The summed E-state index contributed by atoms with van der Waals surface area (Å²) in [5, 5.41) is 12.1. The van der Waals surface area contributed by atoms with E-state index < -0.39 is 19.9 Å². The lowest BCUT2D eigenvalue weighted by molar-refractivity contribution is 0.110. The standard InChI is InChI=1S/C13H27NO4Si/c1-8-13(9-15,14-11(16)17-5)10-18-19(6,7)12(2,3)4/h8,15H,1,9-10H2,2-7H3,(H,14,16)/t13-/m1/s1. The van der Waals surface area contributed by atoms with Crippen LogP contribution < -0.4 is 5.32 Å². The Morgan fingerprint density at radius 1 is 1.42 bits per heavy atom. The molecule has 0 unspecified atom stereocenters. The van der Waals surface area contributed by atoms with Crippen molar-refractivity contribution in [3.8, 4) is 0 Å². The van der Waals surface area contributed by atoms with Gasteiger partial charge in [0.1, 0.15) is 5.54 Å². The van der Waals surface area contributed by atoms with Gasteiger partial charge in [-0.3, -0.25) is 0 Å². The van der Waals surface area contributed by atoms with Gasteiger partial charge < -0.3 is 19.6 Å². The van der Waals surface area contributed by atoms with E-state index in [2.05, 4.69) is 50.5 Å². The van der Waals surface area contributed by atoms with Crippen molar-refractivity contribution in [1.29, 1.82) is 0 Å². The van der Waals surface area contributed by atoms with Gasteiger partial charge in [0.15, 0.2) is 8.32 Å². The molecule has 5 nitrogen and oxygen atoms in total. The molecule has 2 N–H and O–H groups in total. The number of hydrogen-bond donors (Lipinski definition) is 2. The average Bonchev–Trinajstić information content (AvgIpc) is 2.33. The van der Waals surface area contributed by atoms with E-state index in [0.29, 0.717) is 0 Å². The third kappa shape index (κ3) is 4.97. The van der Waals surface area contributed by atoms with Gasteiger partial charge >= 0.3 is 6.09 Å². The third-order valence-electron chi connectivity index (χ3n) is 3.71. The summed E-state index contributed by atoms with van der Waals surface area (Å²) < 4.78 is 10.6. The van der Waals surface area contributed by atoms with Crippen molar-refractivity contribution < 1.29 is 19.1 Å². The third-order valence-corrected chi connectivity index (χ3v) is 8.18. The fourth-order valence-electron chi connectivity index (χ4n) is 1.08.